The predicted molar refractivity (Wildman–Crippen MR) is 47.3 cm³/mol. The average Bonchev–Trinajstić information content (AvgIpc) is 2.63. The lowest BCUT2D eigenvalue weighted by atomic mass is 10.00. The molecule has 0 aromatic heterocycles. The zero-order valence-corrected chi connectivity index (χ0v) is 7.51. The van der Waals surface area contributed by atoms with E-state index in [4.69, 9.17) is 10.1 Å². The maximum atomic E-state index is 11.2. The Morgan fingerprint density at radius 2 is 2.15 bits per heavy atom. The highest BCUT2D eigenvalue weighted by Crippen LogP contribution is 2.29. The molecule has 2 fully saturated rings. The summed E-state index contributed by atoms with van der Waals surface area (Å²) in [5.41, 5.74) is 0. The molecule has 2 aliphatic rings. The molecular weight excluding hydrogens is 168 g/mol. The summed E-state index contributed by atoms with van der Waals surface area (Å²) in [4.78, 5) is 11.2. The molecule has 0 aromatic carbocycles. The Hall–Kier alpha value is -1.06. The quantitative estimate of drug-likeness (QED) is 0.669. The highest BCUT2D eigenvalue weighted by Gasteiger charge is 2.32. The molecule has 2 rings (SSSR count). The Balaban J connectivity index is 1.87. The summed E-state index contributed by atoms with van der Waals surface area (Å²) in [5.74, 6) is 0.485. The van der Waals surface area contributed by atoms with Crippen LogP contribution in [0.2, 0.25) is 0 Å². The topological polar surface area (TPSA) is 62.2 Å². The minimum absolute atomic E-state index is 0.0898. The lowest BCUT2D eigenvalue weighted by Gasteiger charge is -2.11. The molecule has 1 saturated carbocycles. The summed E-state index contributed by atoms with van der Waals surface area (Å²) in [6.07, 6.45) is 5.36. The first-order valence-electron chi connectivity index (χ1n) is 4.82. The smallest absolute Gasteiger partial charge is 0.289 e. The van der Waals surface area contributed by atoms with Gasteiger partial charge in [-0.25, -0.2) is 0 Å². The summed E-state index contributed by atoms with van der Waals surface area (Å²) in [6.45, 7) is 0. The second-order valence-electron chi connectivity index (χ2n) is 3.81. The van der Waals surface area contributed by atoms with Crippen LogP contribution in [0.1, 0.15) is 32.1 Å². The van der Waals surface area contributed by atoms with Crippen LogP contribution in [0, 0.1) is 11.3 Å². The van der Waals surface area contributed by atoms with E-state index in [0.717, 1.165) is 6.42 Å². The van der Waals surface area contributed by atoms with Gasteiger partial charge in [0.15, 0.2) is 6.10 Å². The van der Waals surface area contributed by atoms with Gasteiger partial charge in [0.05, 0.1) is 0 Å². The van der Waals surface area contributed by atoms with Crippen molar-refractivity contribution in [1.82, 2.24) is 5.32 Å². The van der Waals surface area contributed by atoms with Gasteiger partial charge in [-0.15, -0.1) is 0 Å². The Morgan fingerprint density at radius 3 is 2.69 bits per heavy atom. The number of hydrogen-bond donors (Lipinski definition) is 2. The van der Waals surface area contributed by atoms with Crippen LogP contribution in [0.5, 0.6) is 0 Å². The SMILES string of the molecule is N=C1NC(=O)C(CC2CCCC2)O1. The molecule has 1 unspecified atom stereocenters. The van der Waals surface area contributed by atoms with Gasteiger partial charge in [-0.3, -0.25) is 15.5 Å². The predicted octanol–water partition coefficient (Wildman–Crippen LogP) is 1.02. The van der Waals surface area contributed by atoms with E-state index in [1.165, 1.54) is 25.7 Å². The van der Waals surface area contributed by atoms with E-state index in [0.29, 0.717) is 5.92 Å². The van der Waals surface area contributed by atoms with Gasteiger partial charge in [0.1, 0.15) is 0 Å². The third-order valence-corrected chi connectivity index (χ3v) is 2.81. The van der Waals surface area contributed by atoms with Gasteiger partial charge in [0.2, 0.25) is 0 Å². The van der Waals surface area contributed by atoms with Crippen LogP contribution in [0.3, 0.4) is 0 Å². The van der Waals surface area contributed by atoms with Crippen LogP contribution in [0.15, 0.2) is 0 Å². The molecule has 1 aliphatic heterocycles. The van der Waals surface area contributed by atoms with Gasteiger partial charge in [0.25, 0.3) is 11.9 Å². The summed E-state index contributed by atoms with van der Waals surface area (Å²) < 4.78 is 5.06. The summed E-state index contributed by atoms with van der Waals surface area (Å²) >= 11 is 0. The molecule has 13 heavy (non-hydrogen) atoms. The van der Waals surface area contributed by atoms with Crippen molar-refractivity contribution < 1.29 is 9.53 Å². The fourth-order valence-electron chi connectivity index (χ4n) is 2.12. The minimum atomic E-state index is -0.393. The van der Waals surface area contributed by atoms with Gasteiger partial charge < -0.3 is 4.74 Å². The van der Waals surface area contributed by atoms with Crippen LogP contribution in [0.25, 0.3) is 0 Å². The van der Waals surface area contributed by atoms with E-state index in [2.05, 4.69) is 5.32 Å². The standard InChI is InChI=1S/C9H14N2O2/c10-9-11-8(12)7(13-9)5-6-3-1-2-4-6/h6-7H,1-5H2,(H2,10,11,12). The molecule has 1 amide bonds. The molecule has 0 radical (unpaired) electrons. The zero-order valence-electron chi connectivity index (χ0n) is 7.51. The molecule has 2 N–H and O–H groups in total. The second-order valence-corrected chi connectivity index (χ2v) is 3.81. The summed E-state index contributed by atoms with van der Waals surface area (Å²) in [5, 5.41) is 9.49. The number of amidine groups is 1. The highest BCUT2D eigenvalue weighted by molar-refractivity contribution is 6.00. The number of hydrogen-bond acceptors (Lipinski definition) is 3. The van der Waals surface area contributed by atoms with E-state index < -0.39 is 6.10 Å². The number of ether oxygens (including phenoxy) is 1. The van der Waals surface area contributed by atoms with Gasteiger partial charge >= 0.3 is 0 Å². The van der Waals surface area contributed by atoms with E-state index in [-0.39, 0.29) is 11.9 Å². The number of carbonyl (C=O) groups is 1. The molecule has 0 aromatic rings. The van der Waals surface area contributed by atoms with Crippen molar-refractivity contribution in [1.29, 1.82) is 5.41 Å². The normalized spacial score (nSPS) is 29.1. The Bertz CT molecular complexity index is 234. The van der Waals surface area contributed by atoms with Crippen molar-refractivity contribution in [3.63, 3.8) is 0 Å². The Kier molecular flexibility index (Phi) is 2.20. The molecular formula is C9H14N2O2. The van der Waals surface area contributed by atoms with Crippen LogP contribution < -0.4 is 5.32 Å². The third kappa shape index (κ3) is 1.82. The monoisotopic (exact) mass is 182 g/mol. The molecule has 4 heteroatoms. The summed E-state index contributed by atoms with van der Waals surface area (Å²) in [6, 6.07) is -0.0898. The van der Waals surface area contributed by atoms with Crippen LogP contribution in [-0.4, -0.2) is 18.0 Å². The molecule has 1 saturated heterocycles. The van der Waals surface area contributed by atoms with Gasteiger partial charge in [0, 0.05) is 0 Å². The van der Waals surface area contributed by atoms with Gasteiger partial charge in [-0.2, -0.15) is 0 Å². The lowest BCUT2D eigenvalue weighted by molar-refractivity contribution is -0.124. The molecule has 72 valence electrons. The molecule has 1 aliphatic carbocycles. The second kappa shape index (κ2) is 3.36. The molecule has 0 bridgehead atoms. The number of carbonyl (C=O) groups excluding carboxylic acids is 1. The number of amides is 1. The molecule has 0 spiro atoms. The van der Waals surface area contributed by atoms with Crippen molar-refractivity contribution in [2.24, 2.45) is 5.92 Å². The maximum absolute atomic E-state index is 11.2. The van der Waals surface area contributed by atoms with Crippen LogP contribution in [-0.2, 0) is 9.53 Å². The number of nitrogens with one attached hydrogen (secondary N) is 2. The lowest BCUT2D eigenvalue weighted by Crippen LogP contribution is -2.25. The van der Waals surface area contributed by atoms with E-state index in [1.807, 2.05) is 0 Å². The Morgan fingerprint density at radius 1 is 1.46 bits per heavy atom. The van der Waals surface area contributed by atoms with Crippen molar-refractivity contribution in [2.45, 2.75) is 38.2 Å². The zero-order chi connectivity index (χ0) is 9.26. The summed E-state index contributed by atoms with van der Waals surface area (Å²) in [7, 11) is 0. The third-order valence-electron chi connectivity index (χ3n) is 2.81. The van der Waals surface area contributed by atoms with Crippen molar-refractivity contribution in [3.05, 3.63) is 0 Å². The maximum Gasteiger partial charge on any atom is 0.289 e. The molecule has 4 nitrogen and oxygen atoms in total. The van der Waals surface area contributed by atoms with Crippen LogP contribution in [0.4, 0.5) is 0 Å². The average molecular weight is 182 g/mol. The van der Waals surface area contributed by atoms with Crippen LogP contribution >= 0.6 is 0 Å². The van der Waals surface area contributed by atoms with Gasteiger partial charge in [-0.1, -0.05) is 25.7 Å². The fraction of sp³-hybridized carbons (Fsp3) is 0.778. The van der Waals surface area contributed by atoms with E-state index in [1.54, 1.807) is 0 Å². The minimum Gasteiger partial charge on any atom is -0.452 e. The largest absolute Gasteiger partial charge is 0.452 e. The van der Waals surface area contributed by atoms with E-state index in [9.17, 15) is 4.79 Å². The van der Waals surface area contributed by atoms with Crippen molar-refractivity contribution >= 4 is 11.9 Å². The first-order valence-corrected chi connectivity index (χ1v) is 4.82. The first kappa shape index (κ1) is 8.53. The van der Waals surface area contributed by atoms with Gasteiger partial charge in [-0.05, 0) is 12.3 Å². The first-order chi connectivity index (χ1) is 6.25. The molecule has 1 heterocycles. The Labute approximate surface area is 77.2 Å². The fourth-order valence-corrected chi connectivity index (χ4v) is 2.12. The van der Waals surface area contributed by atoms with Crippen molar-refractivity contribution in [3.8, 4) is 0 Å². The van der Waals surface area contributed by atoms with Crippen molar-refractivity contribution in [2.75, 3.05) is 0 Å². The highest BCUT2D eigenvalue weighted by atomic mass is 16.5. The number of rotatable bonds is 2. The van der Waals surface area contributed by atoms with E-state index >= 15 is 0 Å². The molecule has 1 atom stereocenters.